The highest BCUT2D eigenvalue weighted by molar-refractivity contribution is 5.84. The maximum absolute atomic E-state index is 14.5. The Balaban J connectivity index is 1.71. The molecule has 2 aromatic heterocycles. The van der Waals surface area contributed by atoms with Gasteiger partial charge in [-0.25, -0.2) is 13.8 Å². The number of halogens is 5. The molecule has 0 fully saturated rings. The lowest BCUT2D eigenvalue weighted by Gasteiger charge is -2.19. The number of aliphatic hydroxyl groups excluding tert-OH is 1. The highest BCUT2D eigenvalue weighted by Crippen LogP contribution is 2.35. The van der Waals surface area contributed by atoms with Gasteiger partial charge in [0.2, 0.25) is 0 Å². The first-order valence-electron chi connectivity index (χ1n) is 9.94. The van der Waals surface area contributed by atoms with Gasteiger partial charge in [0.05, 0.1) is 29.1 Å². The van der Waals surface area contributed by atoms with Crippen molar-refractivity contribution in [1.29, 1.82) is 0 Å². The summed E-state index contributed by atoms with van der Waals surface area (Å²) in [5.41, 5.74) is 0.480. The van der Waals surface area contributed by atoms with Crippen LogP contribution in [-0.2, 0) is 12.7 Å². The molecule has 5 nitrogen and oxygen atoms in total. The number of aryl methyl sites for hydroxylation is 1. The minimum atomic E-state index is -4.78. The second-order valence-electron chi connectivity index (χ2n) is 7.61. The number of pyridine rings is 1. The topological polar surface area (TPSA) is 63.0 Å². The minimum absolute atomic E-state index is 0.209. The number of hydrogen-bond donors (Lipinski definition) is 2. The molecule has 0 amide bonds. The first-order chi connectivity index (χ1) is 15.5. The van der Waals surface area contributed by atoms with E-state index in [4.69, 9.17) is 0 Å². The van der Waals surface area contributed by atoms with Crippen molar-refractivity contribution in [3.63, 3.8) is 0 Å². The third-order valence-electron chi connectivity index (χ3n) is 5.31. The predicted molar refractivity (Wildman–Crippen MR) is 112 cm³/mol. The first-order valence-corrected chi connectivity index (χ1v) is 9.94. The Bertz CT molecular complexity index is 1320. The molecule has 0 saturated heterocycles. The van der Waals surface area contributed by atoms with Crippen LogP contribution in [0.25, 0.3) is 10.9 Å². The fraction of sp³-hybridized carbons (Fsp3) is 0.217. The Morgan fingerprint density at radius 1 is 1.06 bits per heavy atom. The highest BCUT2D eigenvalue weighted by Gasteiger charge is 2.34. The van der Waals surface area contributed by atoms with Gasteiger partial charge in [-0.2, -0.15) is 18.3 Å². The van der Waals surface area contributed by atoms with E-state index < -0.39 is 23.9 Å². The van der Waals surface area contributed by atoms with Crippen molar-refractivity contribution in [2.24, 2.45) is 0 Å². The molecule has 0 saturated carbocycles. The van der Waals surface area contributed by atoms with Crippen LogP contribution in [-0.4, -0.2) is 19.9 Å². The molecule has 2 aromatic carbocycles. The summed E-state index contributed by atoms with van der Waals surface area (Å²) in [4.78, 5) is 3.50. The van der Waals surface area contributed by atoms with Crippen LogP contribution in [0.4, 0.5) is 27.6 Å². The number of alkyl halides is 3. The van der Waals surface area contributed by atoms with Crippen molar-refractivity contribution in [2.75, 3.05) is 5.32 Å². The van der Waals surface area contributed by atoms with Crippen molar-refractivity contribution >= 4 is 16.6 Å². The third-order valence-corrected chi connectivity index (χ3v) is 5.31. The van der Waals surface area contributed by atoms with Gasteiger partial charge in [-0.1, -0.05) is 18.2 Å². The van der Waals surface area contributed by atoms with Crippen molar-refractivity contribution in [3.05, 3.63) is 88.4 Å². The lowest BCUT2D eigenvalue weighted by Crippen LogP contribution is -2.16. The molecule has 1 atom stereocenters. The van der Waals surface area contributed by atoms with E-state index in [1.54, 1.807) is 30.7 Å². The Morgan fingerprint density at radius 3 is 2.42 bits per heavy atom. The van der Waals surface area contributed by atoms with Gasteiger partial charge in [0.25, 0.3) is 0 Å². The molecule has 4 aromatic rings. The molecule has 0 radical (unpaired) electrons. The highest BCUT2D eigenvalue weighted by atomic mass is 19.4. The van der Waals surface area contributed by atoms with E-state index in [2.05, 4.69) is 15.4 Å². The van der Waals surface area contributed by atoms with Crippen LogP contribution in [0.2, 0.25) is 0 Å². The van der Waals surface area contributed by atoms with E-state index in [-0.39, 0.29) is 22.3 Å². The van der Waals surface area contributed by atoms with Gasteiger partial charge in [-0.05, 0) is 49.7 Å². The summed E-state index contributed by atoms with van der Waals surface area (Å²) in [6.07, 6.45) is -6.45. The van der Waals surface area contributed by atoms with Gasteiger partial charge in [-0.15, -0.1) is 0 Å². The standard InChI is InChI=1S/C23H19F5N4O/c1-12-21(13(2)32(31-12)11-14-6-8-15(24)9-7-14)30-22(33)16-10-19(23(26,27)28)29-18-5-3-4-17(25)20(16)18/h3-10,22,30,33H,11H2,1-2H3. The molecule has 0 aliphatic rings. The molecular weight excluding hydrogens is 443 g/mol. The van der Waals surface area contributed by atoms with Crippen LogP contribution in [0.1, 0.15) is 34.4 Å². The molecule has 4 rings (SSSR count). The second kappa shape index (κ2) is 8.43. The van der Waals surface area contributed by atoms with Crippen LogP contribution in [0.3, 0.4) is 0 Å². The van der Waals surface area contributed by atoms with Crippen molar-refractivity contribution < 1.29 is 27.1 Å². The summed E-state index contributed by atoms with van der Waals surface area (Å²) in [6, 6.07) is 10.1. The van der Waals surface area contributed by atoms with Crippen LogP contribution in [0, 0.1) is 25.5 Å². The van der Waals surface area contributed by atoms with Crippen LogP contribution < -0.4 is 5.32 Å². The number of benzene rings is 2. The van der Waals surface area contributed by atoms with Crippen LogP contribution in [0.15, 0.2) is 48.5 Å². The number of nitrogens with zero attached hydrogens (tertiary/aromatic N) is 3. The van der Waals surface area contributed by atoms with Crippen LogP contribution in [0.5, 0.6) is 0 Å². The minimum Gasteiger partial charge on any atom is -0.369 e. The van der Waals surface area contributed by atoms with Gasteiger partial charge in [-0.3, -0.25) is 4.68 Å². The second-order valence-corrected chi connectivity index (χ2v) is 7.61. The monoisotopic (exact) mass is 462 g/mol. The van der Waals surface area contributed by atoms with E-state index in [0.717, 1.165) is 11.6 Å². The van der Waals surface area contributed by atoms with E-state index in [9.17, 15) is 27.1 Å². The molecule has 0 aliphatic carbocycles. The Morgan fingerprint density at radius 2 is 1.76 bits per heavy atom. The number of aromatic nitrogens is 3. The first kappa shape index (κ1) is 22.7. The molecule has 1 unspecified atom stereocenters. The quantitative estimate of drug-likeness (QED) is 0.304. The smallest absolute Gasteiger partial charge is 0.369 e. The molecular formula is C23H19F5N4O. The zero-order valence-corrected chi connectivity index (χ0v) is 17.6. The van der Waals surface area contributed by atoms with Gasteiger partial charge >= 0.3 is 6.18 Å². The van der Waals surface area contributed by atoms with Crippen molar-refractivity contribution in [1.82, 2.24) is 14.8 Å². The van der Waals surface area contributed by atoms with Gasteiger partial charge in [0.1, 0.15) is 17.3 Å². The number of nitrogens with one attached hydrogen (secondary N) is 1. The lowest BCUT2D eigenvalue weighted by molar-refractivity contribution is -0.141. The average molecular weight is 462 g/mol. The van der Waals surface area contributed by atoms with Crippen molar-refractivity contribution in [2.45, 2.75) is 32.8 Å². The summed E-state index contributed by atoms with van der Waals surface area (Å²) < 4.78 is 69.3. The Kier molecular flexibility index (Phi) is 5.79. The molecule has 2 heterocycles. The average Bonchev–Trinajstić information content (AvgIpc) is 3.01. The summed E-state index contributed by atoms with van der Waals surface area (Å²) in [6.45, 7) is 3.69. The van der Waals surface area contributed by atoms with E-state index in [1.807, 2.05) is 0 Å². The van der Waals surface area contributed by atoms with E-state index in [1.165, 1.54) is 24.3 Å². The number of rotatable bonds is 5. The lowest BCUT2D eigenvalue weighted by atomic mass is 10.0. The maximum Gasteiger partial charge on any atom is 0.433 e. The fourth-order valence-corrected chi connectivity index (χ4v) is 3.67. The largest absolute Gasteiger partial charge is 0.433 e. The summed E-state index contributed by atoms with van der Waals surface area (Å²) in [5, 5.41) is 17.8. The van der Waals surface area contributed by atoms with Gasteiger partial charge in [0, 0.05) is 10.9 Å². The van der Waals surface area contributed by atoms with Crippen molar-refractivity contribution in [3.8, 4) is 0 Å². The predicted octanol–water partition coefficient (Wildman–Crippen LogP) is 5.50. The molecule has 172 valence electrons. The SMILES string of the molecule is Cc1nn(Cc2ccc(F)cc2)c(C)c1NC(O)c1cc(C(F)(F)F)nc2cccc(F)c12. The molecule has 0 aliphatic heterocycles. The Hall–Kier alpha value is -3.53. The zero-order chi connectivity index (χ0) is 23.9. The molecule has 33 heavy (non-hydrogen) atoms. The number of hydrogen-bond acceptors (Lipinski definition) is 4. The fourth-order valence-electron chi connectivity index (χ4n) is 3.67. The zero-order valence-electron chi connectivity index (χ0n) is 17.6. The maximum atomic E-state index is 14.5. The number of anilines is 1. The number of fused-ring (bicyclic) bond motifs is 1. The van der Waals surface area contributed by atoms with Gasteiger partial charge in [0.15, 0.2) is 6.23 Å². The van der Waals surface area contributed by atoms with E-state index >= 15 is 0 Å². The van der Waals surface area contributed by atoms with Gasteiger partial charge < -0.3 is 10.4 Å². The normalized spacial score (nSPS) is 12.8. The molecule has 10 heteroatoms. The summed E-state index contributed by atoms with van der Waals surface area (Å²) >= 11 is 0. The molecule has 0 bridgehead atoms. The molecule has 2 N–H and O–H groups in total. The third kappa shape index (κ3) is 4.51. The van der Waals surface area contributed by atoms with Crippen LogP contribution >= 0.6 is 0 Å². The Labute approximate surface area is 185 Å². The number of aliphatic hydroxyl groups is 1. The summed E-state index contributed by atoms with van der Waals surface area (Å²) in [5.74, 6) is -1.17. The molecule has 0 spiro atoms. The van der Waals surface area contributed by atoms with E-state index in [0.29, 0.717) is 29.7 Å². The summed E-state index contributed by atoms with van der Waals surface area (Å²) in [7, 11) is 0.